The van der Waals surface area contributed by atoms with Crippen molar-refractivity contribution in [3.63, 3.8) is 0 Å². The minimum Gasteiger partial charge on any atom is -0.493 e. The van der Waals surface area contributed by atoms with Crippen LogP contribution < -0.4 is 9.47 Å². The van der Waals surface area contributed by atoms with Crippen LogP contribution in [0.4, 0.5) is 0 Å². The van der Waals surface area contributed by atoms with Crippen LogP contribution in [0.2, 0.25) is 0 Å². The van der Waals surface area contributed by atoms with Crippen LogP contribution in [-0.4, -0.2) is 30.9 Å². The predicted octanol–water partition coefficient (Wildman–Crippen LogP) is 5.47. The van der Waals surface area contributed by atoms with E-state index in [1.165, 1.54) is 5.56 Å². The van der Waals surface area contributed by atoms with Crippen LogP contribution >= 0.6 is 0 Å². The summed E-state index contributed by atoms with van der Waals surface area (Å²) in [4.78, 5) is 15.2. The Kier molecular flexibility index (Phi) is 6.61. The molecule has 1 saturated heterocycles. The van der Waals surface area contributed by atoms with Crippen molar-refractivity contribution >= 4 is 5.78 Å². The summed E-state index contributed by atoms with van der Waals surface area (Å²) in [6, 6.07) is 26.6. The Morgan fingerprint density at radius 1 is 0.969 bits per heavy atom. The van der Waals surface area contributed by atoms with E-state index < -0.39 is 5.41 Å². The molecule has 4 nitrogen and oxygen atoms in total. The van der Waals surface area contributed by atoms with E-state index in [1.54, 1.807) is 14.0 Å². The number of carbonyl (C=O) groups excluding carboxylic acids is 1. The van der Waals surface area contributed by atoms with Gasteiger partial charge in [-0.2, -0.15) is 0 Å². The van der Waals surface area contributed by atoms with E-state index in [4.69, 9.17) is 9.47 Å². The zero-order chi connectivity index (χ0) is 22.6. The molecule has 1 fully saturated rings. The normalized spacial score (nSPS) is 20.8. The predicted molar refractivity (Wildman–Crippen MR) is 127 cm³/mol. The number of carbonyl (C=O) groups is 1. The standard InChI is InChI=1S/C28H31NO3/c1-21(30)28(2)20-29(17-22-10-6-4-7-11-22)18-25(28)24-14-15-26(31-3)27(16-24)32-19-23-12-8-5-9-13-23/h4-16,25H,17-20H2,1-3H3/t25-,28-/m0/s1. The van der Waals surface area contributed by atoms with E-state index in [1.807, 2.05) is 42.5 Å². The van der Waals surface area contributed by atoms with Gasteiger partial charge in [0.2, 0.25) is 0 Å². The minimum atomic E-state index is -0.444. The van der Waals surface area contributed by atoms with E-state index in [-0.39, 0.29) is 11.7 Å². The fourth-order valence-electron chi connectivity index (χ4n) is 4.65. The molecule has 1 aliphatic heterocycles. The summed E-state index contributed by atoms with van der Waals surface area (Å²) in [6.45, 7) is 6.70. The zero-order valence-electron chi connectivity index (χ0n) is 19.1. The molecule has 32 heavy (non-hydrogen) atoms. The van der Waals surface area contributed by atoms with Crippen LogP contribution in [0.25, 0.3) is 0 Å². The van der Waals surface area contributed by atoms with Crippen molar-refractivity contribution < 1.29 is 14.3 Å². The Labute approximate surface area is 190 Å². The van der Waals surface area contributed by atoms with Gasteiger partial charge in [-0.1, -0.05) is 73.7 Å². The van der Waals surface area contributed by atoms with Crippen LogP contribution in [0.15, 0.2) is 78.9 Å². The summed E-state index contributed by atoms with van der Waals surface area (Å²) in [5, 5.41) is 0. The number of ether oxygens (including phenoxy) is 2. The first-order valence-electron chi connectivity index (χ1n) is 11.1. The summed E-state index contributed by atoms with van der Waals surface area (Å²) in [6.07, 6.45) is 0. The van der Waals surface area contributed by atoms with Crippen molar-refractivity contribution in [1.29, 1.82) is 0 Å². The lowest BCUT2D eigenvalue weighted by Crippen LogP contribution is -2.33. The third-order valence-electron chi connectivity index (χ3n) is 6.64. The van der Waals surface area contributed by atoms with Gasteiger partial charge in [-0.3, -0.25) is 9.69 Å². The molecule has 0 aromatic heterocycles. The van der Waals surface area contributed by atoms with Crippen molar-refractivity contribution in [2.75, 3.05) is 20.2 Å². The molecule has 0 unspecified atom stereocenters. The molecule has 166 valence electrons. The second-order valence-electron chi connectivity index (χ2n) is 8.87. The van der Waals surface area contributed by atoms with E-state index in [0.29, 0.717) is 18.1 Å². The smallest absolute Gasteiger partial charge is 0.161 e. The van der Waals surface area contributed by atoms with Gasteiger partial charge >= 0.3 is 0 Å². The third kappa shape index (κ3) is 4.71. The van der Waals surface area contributed by atoms with Gasteiger partial charge in [0.15, 0.2) is 11.5 Å². The maximum atomic E-state index is 12.8. The molecule has 1 heterocycles. The molecule has 4 heteroatoms. The number of likely N-dealkylation sites (tertiary alicyclic amines) is 1. The molecule has 4 rings (SSSR count). The summed E-state index contributed by atoms with van der Waals surface area (Å²) in [7, 11) is 1.65. The molecular weight excluding hydrogens is 398 g/mol. The molecule has 0 aliphatic carbocycles. The monoisotopic (exact) mass is 429 g/mol. The maximum Gasteiger partial charge on any atom is 0.161 e. The van der Waals surface area contributed by atoms with Crippen LogP contribution in [-0.2, 0) is 17.9 Å². The molecule has 0 N–H and O–H groups in total. The SMILES string of the molecule is COc1ccc([C@@H]2CN(Cc3ccccc3)C[C@@]2(C)C(C)=O)cc1OCc1ccccc1. The van der Waals surface area contributed by atoms with Gasteiger partial charge in [0.25, 0.3) is 0 Å². The number of hydrogen-bond donors (Lipinski definition) is 0. The molecule has 3 aromatic carbocycles. The fraction of sp³-hybridized carbons (Fsp3) is 0.321. The Balaban J connectivity index is 1.59. The second kappa shape index (κ2) is 9.58. The number of rotatable bonds is 8. The van der Waals surface area contributed by atoms with Crippen molar-refractivity contribution in [3.8, 4) is 11.5 Å². The van der Waals surface area contributed by atoms with Gasteiger partial charge in [0, 0.05) is 31.0 Å². The van der Waals surface area contributed by atoms with Crippen LogP contribution in [0, 0.1) is 5.41 Å². The van der Waals surface area contributed by atoms with Crippen LogP contribution in [0.3, 0.4) is 0 Å². The summed E-state index contributed by atoms with van der Waals surface area (Å²) >= 11 is 0. The van der Waals surface area contributed by atoms with E-state index in [0.717, 1.165) is 30.8 Å². The number of nitrogens with zero attached hydrogens (tertiary/aromatic N) is 1. The van der Waals surface area contributed by atoms with Crippen molar-refractivity contribution in [3.05, 3.63) is 95.6 Å². The highest BCUT2D eigenvalue weighted by atomic mass is 16.5. The molecule has 0 radical (unpaired) electrons. The van der Waals surface area contributed by atoms with E-state index in [2.05, 4.69) is 48.2 Å². The first-order valence-corrected chi connectivity index (χ1v) is 11.1. The molecule has 2 atom stereocenters. The second-order valence-corrected chi connectivity index (χ2v) is 8.87. The van der Waals surface area contributed by atoms with Crippen molar-refractivity contribution in [2.45, 2.75) is 32.9 Å². The number of ketones is 1. The quantitative estimate of drug-likeness (QED) is 0.476. The van der Waals surface area contributed by atoms with E-state index >= 15 is 0 Å². The molecule has 1 aliphatic rings. The Morgan fingerprint density at radius 3 is 2.25 bits per heavy atom. The highest BCUT2D eigenvalue weighted by Gasteiger charge is 2.47. The fourth-order valence-corrected chi connectivity index (χ4v) is 4.65. The summed E-state index contributed by atoms with van der Waals surface area (Å²) in [5.74, 6) is 1.73. The first-order chi connectivity index (χ1) is 15.5. The number of Topliss-reactive ketones (excluding diaryl/α,β-unsaturated/α-hetero) is 1. The molecule has 3 aromatic rings. The van der Waals surface area contributed by atoms with Crippen molar-refractivity contribution in [2.24, 2.45) is 5.41 Å². The average molecular weight is 430 g/mol. The Bertz CT molecular complexity index is 1050. The molecule has 0 amide bonds. The molecular formula is C28H31NO3. The molecule has 0 bridgehead atoms. The van der Waals surface area contributed by atoms with E-state index in [9.17, 15) is 4.79 Å². The van der Waals surface area contributed by atoms with Gasteiger partial charge in [0.1, 0.15) is 12.4 Å². The lowest BCUT2D eigenvalue weighted by Gasteiger charge is -2.28. The van der Waals surface area contributed by atoms with Gasteiger partial charge < -0.3 is 9.47 Å². The van der Waals surface area contributed by atoms with Crippen LogP contribution in [0.1, 0.15) is 36.5 Å². The summed E-state index contributed by atoms with van der Waals surface area (Å²) < 4.78 is 11.7. The molecule has 0 spiro atoms. The number of hydrogen-bond acceptors (Lipinski definition) is 4. The van der Waals surface area contributed by atoms with Crippen molar-refractivity contribution in [1.82, 2.24) is 4.90 Å². The largest absolute Gasteiger partial charge is 0.493 e. The summed E-state index contributed by atoms with van der Waals surface area (Å²) in [5.41, 5.74) is 3.03. The highest BCUT2D eigenvalue weighted by Crippen LogP contribution is 2.45. The lowest BCUT2D eigenvalue weighted by atomic mass is 9.73. The van der Waals surface area contributed by atoms with Gasteiger partial charge in [-0.05, 0) is 35.7 Å². The molecule has 0 saturated carbocycles. The number of benzene rings is 3. The van der Waals surface area contributed by atoms with Gasteiger partial charge in [-0.15, -0.1) is 0 Å². The van der Waals surface area contributed by atoms with Gasteiger partial charge in [-0.25, -0.2) is 0 Å². The average Bonchev–Trinajstić information content (AvgIpc) is 3.16. The van der Waals surface area contributed by atoms with Crippen LogP contribution in [0.5, 0.6) is 11.5 Å². The minimum absolute atomic E-state index is 0.0914. The zero-order valence-corrected chi connectivity index (χ0v) is 19.1. The Morgan fingerprint density at radius 2 is 1.62 bits per heavy atom. The highest BCUT2D eigenvalue weighted by molar-refractivity contribution is 5.84. The maximum absolute atomic E-state index is 12.8. The lowest BCUT2D eigenvalue weighted by molar-refractivity contribution is -0.125. The van der Waals surface area contributed by atoms with Gasteiger partial charge in [0.05, 0.1) is 7.11 Å². The first kappa shape index (κ1) is 22.1. The third-order valence-corrected chi connectivity index (χ3v) is 6.64. The Hall–Kier alpha value is -3.11. The number of methoxy groups -OCH3 is 1. The topological polar surface area (TPSA) is 38.8 Å².